The molecule has 0 radical (unpaired) electrons. The van der Waals surface area contributed by atoms with Crippen LogP contribution in [0, 0.1) is 0 Å². The monoisotopic (exact) mass is 280 g/mol. The number of benzene rings is 1. The van der Waals surface area contributed by atoms with Gasteiger partial charge in [-0.2, -0.15) is 0 Å². The molecule has 2 nitrogen and oxygen atoms in total. The Labute approximate surface area is 121 Å². The summed E-state index contributed by atoms with van der Waals surface area (Å²) in [6.45, 7) is 4.58. The predicted molar refractivity (Wildman–Crippen MR) is 78.4 cm³/mol. The van der Waals surface area contributed by atoms with E-state index in [1.54, 1.807) is 0 Å². The molecule has 1 heterocycles. The Kier molecular flexibility index (Phi) is 5.55. The van der Waals surface area contributed by atoms with E-state index < -0.39 is 11.8 Å². The molecule has 1 aliphatic heterocycles. The van der Waals surface area contributed by atoms with Gasteiger partial charge in [0.05, 0.1) is 6.10 Å². The lowest BCUT2D eigenvalue weighted by Gasteiger charge is -2.22. The zero-order valence-corrected chi connectivity index (χ0v) is 12.5. The molecule has 2 rings (SSSR count). The van der Waals surface area contributed by atoms with Crippen LogP contribution in [-0.2, 0) is 15.9 Å². The van der Waals surface area contributed by atoms with Crippen LogP contribution in [0.5, 0.6) is 0 Å². The molecule has 0 aromatic heterocycles. The fraction of sp³-hybridized carbons (Fsp3) is 0.647. The molecule has 0 saturated carbocycles. The molecule has 1 aromatic carbocycles. The highest BCUT2D eigenvalue weighted by Gasteiger charge is 2.46. The molecule has 112 valence electrons. The molecule has 0 N–H and O–H groups in total. The van der Waals surface area contributed by atoms with Gasteiger partial charge >= 0.3 is 0 Å². The van der Waals surface area contributed by atoms with Crippen LogP contribution in [0.15, 0.2) is 30.3 Å². The van der Waals surface area contributed by atoms with Gasteiger partial charge in [-0.3, -0.25) is 0 Å². The molecular formula is C17H25FO2. The van der Waals surface area contributed by atoms with E-state index in [1.165, 1.54) is 5.56 Å². The van der Waals surface area contributed by atoms with Gasteiger partial charge in [0.2, 0.25) is 0 Å². The van der Waals surface area contributed by atoms with Crippen molar-refractivity contribution in [3.05, 3.63) is 35.9 Å². The topological polar surface area (TPSA) is 18.5 Å². The number of rotatable bonds is 7. The van der Waals surface area contributed by atoms with Crippen molar-refractivity contribution in [3.8, 4) is 0 Å². The third-order valence-corrected chi connectivity index (χ3v) is 4.06. The first-order chi connectivity index (χ1) is 9.64. The van der Waals surface area contributed by atoms with Crippen LogP contribution < -0.4 is 0 Å². The summed E-state index contributed by atoms with van der Waals surface area (Å²) in [5, 5.41) is 0. The summed E-state index contributed by atoms with van der Waals surface area (Å²) in [6, 6.07) is 10.0. The number of hydrogen-bond acceptors (Lipinski definition) is 2. The van der Waals surface area contributed by atoms with E-state index in [1.807, 2.05) is 37.3 Å². The first-order valence-corrected chi connectivity index (χ1v) is 7.64. The van der Waals surface area contributed by atoms with Crippen molar-refractivity contribution in [2.24, 2.45) is 0 Å². The number of alkyl halides is 1. The van der Waals surface area contributed by atoms with Crippen LogP contribution in [0.4, 0.5) is 4.39 Å². The first kappa shape index (κ1) is 15.5. The average Bonchev–Trinajstić information content (AvgIpc) is 2.74. The molecule has 3 unspecified atom stereocenters. The summed E-state index contributed by atoms with van der Waals surface area (Å²) in [7, 11) is 0. The van der Waals surface area contributed by atoms with Gasteiger partial charge < -0.3 is 9.47 Å². The quantitative estimate of drug-likeness (QED) is 0.694. The summed E-state index contributed by atoms with van der Waals surface area (Å²) >= 11 is 0. The van der Waals surface area contributed by atoms with E-state index in [4.69, 9.17) is 9.47 Å². The van der Waals surface area contributed by atoms with Crippen LogP contribution in [-0.4, -0.2) is 24.7 Å². The number of halogens is 1. The second-order valence-corrected chi connectivity index (χ2v) is 5.66. The lowest BCUT2D eigenvalue weighted by Crippen LogP contribution is -2.31. The van der Waals surface area contributed by atoms with Gasteiger partial charge in [-0.05, 0) is 31.7 Å². The summed E-state index contributed by atoms with van der Waals surface area (Å²) in [6.07, 6.45) is 2.90. The Morgan fingerprint density at radius 1 is 1.35 bits per heavy atom. The number of unbranched alkanes of at least 4 members (excludes halogenated alkanes) is 1. The number of hydrogen-bond donors (Lipinski definition) is 0. The third kappa shape index (κ3) is 4.03. The minimum Gasteiger partial charge on any atom is -0.353 e. The minimum atomic E-state index is -1.27. The van der Waals surface area contributed by atoms with Crippen molar-refractivity contribution >= 4 is 0 Å². The Morgan fingerprint density at radius 3 is 2.80 bits per heavy atom. The summed E-state index contributed by atoms with van der Waals surface area (Å²) in [5.74, 6) is 0. The van der Waals surface area contributed by atoms with Gasteiger partial charge in [-0.25, -0.2) is 4.39 Å². The van der Waals surface area contributed by atoms with Gasteiger partial charge in [-0.1, -0.05) is 43.7 Å². The van der Waals surface area contributed by atoms with Gasteiger partial charge in [0, 0.05) is 13.0 Å². The fourth-order valence-electron chi connectivity index (χ4n) is 2.60. The molecule has 3 atom stereocenters. The Bertz CT molecular complexity index is 395. The number of aryl methyl sites for hydroxylation is 1. The second kappa shape index (κ2) is 7.19. The van der Waals surface area contributed by atoms with E-state index in [0.717, 1.165) is 19.3 Å². The zero-order chi connectivity index (χ0) is 14.4. The molecule has 1 saturated heterocycles. The number of ether oxygens (including phenoxy) is 2. The fourth-order valence-corrected chi connectivity index (χ4v) is 2.60. The molecular weight excluding hydrogens is 255 g/mol. The molecule has 0 spiro atoms. The predicted octanol–water partition coefficient (Wildman–Crippen LogP) is 4.28. The van der Waals surface area contributed by atoms with Gasteiger partial charge in [0.25, 0.3) is 0 Å². The zero-order valence-electron chi connectivity index (χ0n) is 12.5. The maximum Gasteiger partial charge on any atom is 0.161 e. The molecule has 0 amide bonds. The second-order valence-electron chi connectivity index (χ2n) is 5.66. The standard InChI is InChI=1S/C17H25FO2/c1-3-4-12-19-16-13-17(18,14(2)20-16)11-10-15-8-6-5-7-9-15/h5-9,14,16H,3-4,10-13H2,1-2H3. The maximum absolute atomic E-state index is 14.9. The molecule has 3 heteroatoms. The highest BCUT2D eigenvalue weighted by atomic mass is 19.1. The Balaban J connectivity index is 1.83. The largest absolute Gasteiger partial charge is 0.353 e. The van der Waals surface area contributed by atoms with Crippen molar-refractivity contribution in [1.29, 1.82) is 0 Å². The van der Waals surface area contributed by atoms with Crippen molar-refractivity contribution in [2.45, 2.75) is 64.0 Å². The van der Waals surface area contributed by atoms with Crippen molar-refractivity contribution < 1.29 is 13.9 Å². The highest BCUT2D eigenvalue weighted by Crippen LogP contribution is 2.38. The molecule has 1 fully saturated rings. The highest BCUT2D eigenvalue weighted by molar-refractivity contribution is 5.15. The van der Waals surface area contributed by atoms with E-state index >= 15 is 0 Å². The Morgan fingerprint density at radius 2 is 2.10 bits per heavy atom. The molecule has 1 aromatic rings. The molecule has 1 aliphatic rings. The van der Waals surface area contributed by atoms with Crippen LogP contribution in [0.2, 0.25) is 0 Å². The maximum atomic E-state index is 14.9. The SMILES string of the molecule is CCCCOC1CC(F)(CCc2ccccc2)C(C)O1. The minimum absolute atomic E-state index is 0.352. The van der Waals surface area contributed by atoms with E-state index in [9.17, 15) is 4.39 Å². The Hall–Kier alpha value is -0.930. The van der Waals surface area contributed by atoms with Crippen LogP contribution >= 0.6 is 0 Å². The smallest absolute Gasteiger partial charge is 0.161 e. The molecule has 0 bridgehead atoms. The van der Waals surface area contributed by atoms with Crippen LogP contribution in [0.25, 0.3) is 0 Å². The van der Waals surface area contributed by atoms with Crippen LogP contribution in [0.3, 0.4) is 0 Å². The van der Waals surface area contributed by atoms with Crippen LogP contribution in [0.1, 0.15) is 45.1 Å². The summed E-state index contributed by atoms with van der Waals surface area (Å²) in [4.78, 5) is 0. The van der Waals surface area contributed by atoms with Gasteiger partial charge in [-0.15, -0.1) is 0 Å². The van der Waals surface area contributed by atoms with Gasteiger partial charge in [0.15, 0.2) is 6.29 Å². The van der Waals surface area contributed by atoms with E-state index in [2.05, 4.69) is 6.92 Å². The molecule has 20 heavy (non-hydrogen) atoms. The average molecular weight is 280 g/mol. The van der Waals surface area contributed by atoms with Crippen molar-refractivity contribution in [2.75, 3.05) is 6.61 Å². The van der Waals surface area contributed by atoms with Crippen molar-refractivity contribution in [1.82, 2.24) is 0 Å². The lowest BCUT2D eigenvalue weighted by atomic mass is 9.91. The normalized spacial score (nSPS) is 29.8. The lowest BCUT2D eigenvalue weighted by molar-refractivity contribution is -0.132. The summed E-state index contributed by atoms with van der Waals surface area (Å²) < 4.78 is 26.2. The van der Waals surface area contributed by atoms with Gasteiger partial charge in [0.1, 0.15) is 5.67 Å². The third-order valence-electron chi connectivity index (χ3n) is 4.06. The summed E-state index contributed by atoms with van der Waals surface area (Å²) in [5.41, 5.74) is -0.0979. The van der Waals surface area contributed by atoms with E-state index in [0.29, 0.717) is 19.4 Å². The van der Waals surface area contributed by atoms with Crippen molar-refractivity contribution in [3.63, 3.8) is 0 Å². The first-order valence-electron chi connectivity index (χ1n) is 7.64. The molecule has 0 aliphatic carbocycles. The van der Waals surface area contributed by atoms with E-state index in [-0.39, 0.29) is 6.29 Å².